The van der Waals surface area contributed by atoms with Gasteiger partial charge in [0.1, 0.15) is 0 Å². The van der Waals surface area contributed by atoms with Gasteiger partial charge in [0.05, 0.1) is 21.6 Å². The van der Waals surface area contributed by atoms with E-state index in [9.17, 15) is 18.0 Å². The summed E-state index contributed by atoms with van der Waals surface area (Å²) in [7, 11) is -3.30. The standard InChI is InChI=1S/C22H20N2O4S2/c25-21(24-18-11-13-30(27,28)20-6-2-1-4-17(18)20)16-9-7-15(8-10-16)14-23-22(26)19-5-3-12-29-19/h1-10,12,18H,11,13-14H2,(H,23,26)(H,24,25). The van der Waals surface area contributed by atoms with E-state index in [-0.39, 0.29) is 23.6 Å². The largest absolute Gasteiger partial charge is 0.347 e. The van der Waals surface area contributed by atoms with Gasteiger partial charge in [0.25, 0.3) is 11.8 Å². The first-order chi connectivity index (χ1) is 14.4. The van der Waals surface area contributed by atoms with E-state index in [0.29, 0.717) is 33.9 Å². The number of nitrogens with one attached hydrogen (secondary N) is 2. The van der Waals surface area contributed by atoms with E-state index in [1.54, 1.807) is 54.6 Å². The fourth-order valence-corrected chi connectivity index (χ4v) is 5.69. The van der Waals surface area contributed by atoms with Gasteiger partial charge in [0, 0.05) is 12.1 Å². The molecule has 2 N–H and O–H groups in total. The van der Waals surface area contributed by atoms with Crippen LogP contribution in [0.15, 0.2) is 70.9 Å². The van der Waals surface area contributed by atoms with Gasteiger partial charge in [-0.2, -0.15) is 0 Å². The number of hydrogen-bond acceptors (Lipinski definition) is 5. The lowest BCUT2D eigenvalue weighted by Crippen LogP contribution is -2.33. The molecule has 30 heavy (non-hydrogen) atoms. The number of fused-ring (bicyclic) bond motifs is 1. The van der Waals surface area contributed by atoms with Gasteiger partial charge in [0.2, 0.25) is 0 Å². The number of carbonyl (C=O) groups is 2. The molecule has 0 spiro atoms. The lowest BCUT2D eigenvalue weighted by molar-refractivity contribution is 0.0931. The van der Waals surface area contributed by atoms with Gasteiger partial charge >= 0.3 is 0 Å². The van der Waals surface area contributed by atoms with Crippen LogP contribution in [0.5, 0.6) is 0 Å². The van der Waals surface area contributed by atoms with Crippen molar-refractivity contribution in [3.8, 4) is 0 Å². The molecule has 1 unspecified atom stereocenters. The SMILES string of the molecule is O=C(NC1CCS(=O)(=O)c2ccccc21)c1ccc(CNC(=O)c2cccs2)cc1. The van der Waals surface area contributed by atoms with Crippen molar-refractivity contribution in [2.24, 2.45) is 0 Å². The highest BCUT2D eigenvalue weighted by Gasteiger charge is 2.30. The van der Waals surface area contributed by atoms with Crippen molar-refractivity contribution in [1.82, 2.24) is 10.6 Å². The number of carbonyl (C=O) groups excluding carboxylic acids is 2. The second-order valence-corrected chi connectivity index (χ2v) is 10.1. The molecule has 0 fully saturated rings. The fourth-order valence-electron chi connectivity index (χ4n) is 3.43. The van der Waals surface area contributed by atoms with E-state index in [4.69, 9.17) is 0 Å². The van der Waals surface area contributed by atoms with Crippen LogP contribution in [0.4, 0.5) is 0 Å². The molecular weight excluding hydrogens is 420 g/mol. The van der Waals surface area contributed by atoms with Gasteiger partial charge in [-0.05, 0) is 47.2 Å². The van der Waals surface area contributed by atoms with Gasteiger partial charge in [0.15, 0.2) is 9.84 Å². The van der Waals surface area contributed by atoms with Gasteiger partial charge in [-0.25, -0.2) is 8.42 Å². The van der Waals surface area contributed by atoms with Gasteiger partial charge in [-0.15, -0.1) is 11.3 Å². The lowest BCUT2D eigenvalue weighted by atomic mass is 10.0. The summed E-state index contributed by atoms with van der Waals surface area (Å²) in [6.07, 6.45) is 0.345. The van der Waals surface area contributed by atoms with Crippen LogP contribution >= 0.6 is 11.3 Å². The van der Waals surface area contributed by atoms with Crippen molar-refractivity contribution in [3.63, 3.8) is 0 Å². The predicted molar refractivity (Wildman–Crippen MR) is 115 cm³/mol. The number of hydrogen-bond donors (Lipinski definition) is 2. The molecule has 2 heterocycles. The maximum Gasteiger partial charge on any atom is 0.261 e. The minimum Gasteiger partial charge on any atom is -0.347 e. The number of thiophene rings is 1. The number of benzene rings is 2. The summed E-state index contributed by atoms with van der Waals surface area (Å²) in [6, 6.07) is 17.0. The maximum absolute atomic E-state index is 12.7. The maximum atomic E-state index is 12.7. The molecule has 1 atom stereocenters. The zero-order valence-electron chi connectivity index (χ0n) is 16.0. The molecular formula is C22H20N2O4S2. The highest BCUT2D eigenvalue weighted by Crippen LogP contribution is 2.32. The number of sulfone groups is 1. The Kier molecular flexibility index (Phi) is 5.69. The molecule has 6 nitrogen and oxygen atoms in total. The Labute approximate surface area is 178 Å². The zero-order chi connectivity index (χ0) is 21.1. The highest BCUT2D eigenvalue weighted by atomic mass is 32.2. The van der Waals surface area contributed by atoms with Crippen LogP contribution in [0.25, 0.3) is 0 Å². The van der Waals surface area contributed by atoms with E-state index in [1.807, 2.05) is 11.4 Å². The first kappa shape index (κ1) is 20.3. The molecule has 4 rings (SSSR count). The molecule has 0 saturated carbocycles. The van der Waals surface area contributed by atoms with Crippen LogP contribution in [0, 0.1) is 0 Å². The van der Waals surface area contributed by atoms with Gasteiger partial charge in [-0.1, -0.05) is 36.4 Å². The fraction of sp³-hybridized carbons (Fsp3) is 0.182. The minimum absolute atomic E-state index is 0.0117. The Bertz CT molecular complexity index is 1170. The third-order valence-electron chi connectivity index (χ3n) is 5.02. The molecule has 0 saturated heterocycles. The quantitative estimate of drug-likeness (QED) is 0.637. The van der Waals surface area contributed by atoms with Crippen LogP contribution in [0.3, 0.4) is 0 Å². The van der Waals surface area contributed by atoms with Crippen molar-refractivity contribution < 1.29 is 18.0 Å². The molecule has 1 aliphatic rings. The van der Waals surface area contributed by atoms with Crippen molar-refractivity contribution in [2.75, 3.05) is 5.75 Å². The third-order valence-corrected chi connectivity index (χ3v) is 7.71. The van der Waals surface area contributed by atoms with E-state index in [1.165, 1.54) is 11.3 Å². The molecule has 1 aromatic heterocycles. The Morgan fingerprint density at radius 1 is 0.967 bits per heavy atom. The van der Waals surface area contributed by atoms with Gasteiger partial charge in [-0.3, -0.25) is 9.59 Å². The molecule has 2 aromatic carbocycles. The molecule has 8 heteroatoms. The summed E-state index contributed by atoms with van der Waals surface area (Å²) in [5.41, 5.74) is 1.99. The minimum atomic E-state index is -3.30. The molecule has 0 bridgehead atoms. The molecule has 0 radical (unpaired) electrons. The van der Waals surface area contributed by atoms with E-state index in [0.717, 1.165) is 5.56 Å². The van der Waals surface area contributed by atoms with Gasteiger partial charge < -0.3 is 10.6 Å². The van der Waals surface area contributed by atoms with Crippen LogP contribution < -0.4 is 10.6 Å². The van der Waals surface area contributed by atoms with Crippen LogP contribution in [0.1, 0.15) is 43.6 Å². The Balaban J connectivity index is 1.40. The first-order valence-electron chi connectivity index (χ1n) is 9.47. The van der Waals surface area contributed by atoms with Crippen molar-refractivity contribution in [3.05, 3.63) is 87.6 Å². The summed E-state index contributed by atoms with van der Waals surface area (Å²) in [6.45, 7) is 0.368. The van der Waals surface area contributed by atoms with Crippen LogP contribution in [-0.2, 0) is 16.4 Å². The van der Waals surface area contributed by atoms with Crippen molar-refractivity contribution in [2.45, 2.75) is 23.9 Å². The normalized spacial score (nSPS) is 17.0. The summed E-state index contributed by atoms with van der Waals surface area (Å²) in [4.78, 5) is 25.6. The highest BCUT2D eigenvalue weighted by molar-refractivity contribution is 7.91. The Morgan fingerprint density at radius 2 is 1.73 bits per heavy atom. The summed E-state index contributed by atoms with van der Waals surface area (Å²) < 4.78 is 24.5. The van der Waals surface area contributed by atoms with Crippen LogP contribution in [-0.4, -0.2) is 26.0 Å². The van der Waals surface area contributed by atoms with E-state index >= 15 is 0 Å². The van der Waals surface area contributed by atoms with E-state index < -0.39 is 9.84 Å². The topological polar surface area (TPSA) is 92.3 Å². The molecule has 0 aliphatic carbocycles. The molecule has 2 amide bonds. The summed E-state index contributed by atoms with van der Waals surface area (Å²) >= 11 is 1.38. The molecule has 3 aromatic rings. The summed E-state index contributed by atoms with van der Waals surface area (Å²) in [5, 5.41) is 7.64. The van der Waals surface area contributed by atoms with Crippen molar-refractivity contribution >= 4 is 33.0 Å². The summed E-state index contributed by atoms with van der Waals surface area (Å²) in [5.74, 6) is -0.376. The Morgan fingerprint density at radius 3 is 2.47 bits per heavy atom. The predicted octanol–water partition coefficient (Wildman–Crippen LogP) is 3.33. The average Bonchev–Trinajstić information content (AvgIpc) is 3.30. The second kappa shape index (κ2) is 8.41. The average molecular weight is 441 g/mol. The monoisotopic (exact) mass is 440 g/mol. The van der Waals surface area contributed by atoms with Crippen LogP contribution in [0.2, 0.25) is 0 Å². The first-order valence-corrected chi connectivity index (χ1v) is 12.0. The number of amides is 2. The lowest BCUT2D eigenvalue weighted by Gasteiger charge is -2.26. The zero-order valence-corrected chi connectivity index (χ0v) is 17.6. The number of rotatable bonds is 5. The second-order valence-electron chi connectivity index (χ2n) is 7.03. The van der Waals surface area contributed by atoms with E-state index in [2.05, 4.69) is 10.6 Å². The van der Waals surface area contributed by atoms with Crippen molar-refractivity contribution in [1.29, 1.82) is 0 Å². The Hall–Kier alpha value is -2.97. The third kappa shape index (κ3) is 4.29. The smallest absolute Gasteiger partial charge is 0.261 e. The molecule has 154 valence electrons. The molecule has 1 aliphatic heterocycles.